The summed E-state index contributed by atoms with van der Waals surface area (Å²) >= 11 is 0. The number of methoxy groups -OCH3 is 1. The number of aromatic nitrogens is 3. The third-order valence-corrected chi connectivity index (χ3v) is 5.69. The van der Waals surface area contributed by atoms with Crippen molar-refractivity contribution in [2.24, 2.45) is 0 Å². The third kappa shape index (κ3) is 3.60. The number of halogens is 3. The predicted octanol–water partition coefficient (Wildman–Crippen LogP) is 2.66. The molecule has 11 heteroatoms. The van der Waals surface area contributed by atoms with E-state index in [-0.39, 0.29) is 15.5 Å². The molecule has 0 N–H and O–H groups in total. The monoisotopic (exact) mass is 400 g/mol. The van der Waals surface area contributed by atoms with Gasteiger partial charge in [-0.25, -0.2) is 13.4 Å². The van der Waals surface area contributed by atoms with E-state index < -0.39 is 27.3 Å². The van der Waals surface area contributed by atoms with Gasteiger partial charge in [-0.1, -0.05) is 12.1 Å². The van der Waals surface area contributed by atoms with Crippen molar-refractivity contribution < 1.29 is 26.3 Å². The van der Waals surface area contributed by atoms with E-state index in [1.807, 2.05) is 0 Å². The predicted molar refractivity (Wildman–Crippen MR) is 89.7 cm³/mol. The zero-order valence-electron chi connectivity index (χ0n) is 14.3. The van der Waals surface area contributed by atoms with Crippen LogP contribution in [-0.2, 0) is 10.0 Å². The number of nitrogens with zero attached hydrogens (tertiary/aromatic N) is 4. The Morgan fingerprint density at radius 2 is 1.89 bits per heavy atom. The topological polar surface area (TPSA) is 76.8 Å². The van der Waals surface area contributed by atoms with E-state index in [1.54, 1.807) is 0 Å². The van der Waals surface area contributed by atoms with Gasteiger partial charge in [-0.15, -0.1) is 0 Å². The van der Waals surface area contributed by atoms with E-state index in [0.717, 1.165) is 13.2 Å². The highest BCUT2D eigenvalue weighted by Gasteiger charge is 2.48. The molecule has 27 heavy (non-hydrogen) atoms. The molecule has 0 saturated carbocycles. The molecule has 0 bridgehead atoms. The lowest BCUT2D eigenvalue weighted by atomic mass is 10.1. The summed E-state index contributed by atoms with van der Waals surface area (Å²) in [5, 5.41) is -0.499. The molecule has 3 rings (SSSR count). The number of benzene rings is 1. The Balaban J connectivity index is 2.05. The maximum absolute atomic E-state index is 13.7. The number of sulfonamides is 1. The van der Waals surface area contributed by atoms with Crippen molar-refractivity contribution in [1.29, 1.82) is 0 Å². The molecule has 2 heterocycles. The highest BCUT2D eigenvalue weighted by Crippen LogP contribution is 2.39. The normalized spacial score (nSPS) is 13.9. The Labute approximate surface area is 153 Å². The van der Waals surface area contributed by atoms with Crippen LogP contribution in [0.4, 0.5) is 13.2 Å². The van der Waals surface area contributed by atoms with Gasteiger partial charge in [-0.05, 0) is 17.7 Å². The van der Waals surface area contributed by atoms with Crippen LogP contribution < -0.4 is 4.74 Å². The molecule has 1 unspecified atom stereocenters. The second kappa shape index (κ2) is 6.82. The number of alkyl halides is 3. The van der Waals surface area contributed by atoms with Gasteiger partial charge in [0.15, 0.2) is 10.7 Å². The number of rotatable bonds is 5. The largest absolute Gasteiger partial charge is 0.497 e. The van der Waals surface area contributed by atoms with Crippen LogP contribution >= 0.6 is 0 Å². The Hall–Kier alpha value is -2.66. The number of fused-ring (bicyclic) bond motifs is 1. The van der Waals surface area contributed by atoms with Crippen LogP contribution in [-0.4, -0.2) is 47.4 Å². The lowest BCUT2D eigenvalue weighted by Crippen LogP contribution is -2.39. The quantitative estimate of drug-likeness (QED) is 0.658. The van der Waals surface area contributed by atoms with Gasteiger partial charge in [0, 0.05) is 25.6 Å². The van der Waals surface area contributed by atoms with Crippen LogP contribution in [0.15, 0.2) is 54.1 Å². The van der Waals surface area contributed by atoms with Crippen molar-refractivity contribution in [2.75, 3.05) is 14.2 Å². The molecule has 1 aromatic carbocycles. The zero-order chi connectivity index (χ0) is 19.8. The van der Waals surface area contributed by atoms with E-state index in [9.17, 15) is 21.6 Å². The molecule has 2 aromatic heterocycles. The zero-order valence-corrected chi connectivity index (χ0v) is 15.1. The van der Waals surface area contributed by atoms with Crippen LogP contribution in [0.25, 0.3) is 5.65 Å². The smallest absolute Gasteiger partial charge is 0.409 e. The highest BCUT2D eigenvalue weighted by atomic mass is 32.2. The summed E-state index contributed by atoms with van der Waals surface area (Å²) in [7, 11) is -2.27. The SMILES string of the molecule is COc1ccc(C(N(C)S(=O)(=O)c2cn3ccncc3n2)C(F)(F)F)cc1. The first-order valence-corrected chi connectivity index (χ1v) is 9.06. The lowest BCUT2D eigenvalue weighted by Gasteiger charge is -2.29. The van der Waals surface area contributed by atoms with E-state index in [0.29, 0.717) is 5.75 Å². The first-order valence-electron chi connectivity index (χ1n) is 7.62. The molecule has 3 aromatic rings. The van der Waals surface area contributed by atoms with Gasteiger partial charge in [0.25, 0.3) is 10.0 Å². The Bertz CT molecular complexity index is 1020. The number of hydrogen-bond donors (Lipinski definition) is 0. The molecule has 0 aliphatic rings. The molecular weight excluding hydrogens is 385 g/mol. The summed E-state index contributed by atoms with van der Waals surface area (Å²) in [4.78, 5) is 7.68. The molecular formula is C16H15F3N4O3S. The fourth-order valence-corrected chi connectivity index (χ4v) is 3.89. The van der Waals surface area contributed by atoms with Gasteiger partial charge in [0.05, 0.1) is 13.3 Å². The van der Waals surface area contributed by atoms with Crippen molar-refractivity contribution in [3.63, 3.8) is 0 Å². The number of ether oxygens (including phenoxy) is 1. The molecule has 144 valence electrons. The van der Waals surface area contributed by atoms with Gasteiger partial charge < -0.3 is 9.14 Å². The molecule has 0 fully saturated rings. The highest BCUT2D eigenvalue weighted by molar-refractivity contribution is 7.89. The lowest BCUT2D eigenvalue weighted by molar-refractivity contribution is -0.171. The van der Waals surface area contributed by atoms with Gasteiger partial charge >= 0.3 is 6.18 Å². The average Bonchev–Trinajstić information content (AvgIpc) is 3.06. The van der Waals surface area contributed by atoms with Gasteiger partial charge in [-0.2, -0.15) is 17.5 Å². The van der Waals surface area contributed by atoms with Gasteiger partial charge in [0.2, 0.25) is 0 Å². The fraction of sp³-hybridized carbons (Fsp3) is 0.250. The van der Waals surface area contributed by atoms with E-state index in [2.05, 4.69) is 9.97 Å². The van der Waals surface area contributed by atoms with Gasteiger partial charge in [0.1, 0.15) is 11.8 Å². The van der Waals surface area contributed by atoms with Crippen molar-refractivity contribution >= 4 is 15.7 Å². The minimum absolute atomic E-state index is 0.206. The molecule has 7 nitrogen and oxygen atoms in total. The van der Waals surface area contributed by atoms with Crippen molar-refractivity contribution in [3.8, 4) is 5.75 Å². The summed E-state index contributed by atoms with van der Waals surface area (Å²) in [6.07, 6.45) is 0.474. The summed E-state index contributed by atoms with van der Waals surface area (Å²) in [6.45, 7) is 0. The van der Waals surface area contributed by atoms with E-state index >= 15 is 0 Å². The Morgan fingerprint density at radius 3 is 2.44 bits per heavy atom. The maximum atomic E-state index is 13.7. The first kappa shape index (κ1) is 19.1. The fourth-order valence-electron chi connectivity index (χ4n) is 2.62. The van der Waals surface area contributed by atoms with E-state index in [4.69, 9.17) is 4.74 Å². The van der Waals surface area contributed by atoms with Crippen LogP contribution in [0, 0.1) is 0 Å². The molecule has 0 amide bonds. The van der Waals surface area contributed by atoms with Crippen LogP contribution in [0.3, 0.4) is 0 Å². The van der Waals surface area contributed by atoms with Crippen LogP contribution in [0.5, 0.6) is 5.75 Å². The standard InChI is InChI=1S/C16H15F3N4O3S/c1-22(15(16(17,18)19)11-3-5-12(26-2)6-4-11)27(24,25)14-10-23-8-7-20-9-13(23)21-14/h3-10,15H,1-2H3. The van der Waals surface area contributed by atoms with Crippen LogP contribution in [0.1, 0.15) is 11.6 Å². The number of hydrogen-bond acceptors (Lipinski definition) is 5. The van der Waals surface area contributed by atoms with Crippen LogP contribution in [0.2, 0.25) is 0 Å². The molecule has 0 radical (unpaired) electrons. The average molecular weight is 400 g/mol. The minimum atomic E-state index is -4.84. The Kier molecular flexibility index (Phi) is 4.82. The second-order valence-electron chi connectivity index (χ2n) is 5.66. The molecule has 0 aliphatic carbocycles. The molecule has 1 atom stereocenters. The van der Waals surface area contributed by atoms with Crippen molar-refractivity contribution in [3.05, 3.63) is 54.6 Å². The van der Waals surface area contributed by atoms with Crippen molar-refractivity contribution in [1.82, 2.24) is 18.7 Å². The summed E-state index contributed by atoms with van der Waals surface area (Å²) in [5.74, 6) is 0.359. The minimum Gasteiger partial charge on any atom is -0.497 e. The third-order valence-electron chi connectivity index (χ3n) is 3.99. The number of imidazole rings is 1. The molecule has 0 aliphatic heterocycles. The van der Waals surface area contributed by atoms with E-state index in [1.165, 1.54) is 54.4 Å². The summed E-state index contributed by atoms with van der Waals surface area (Å²) in [5.41, 5.74) is -0.0303. The van der Waals surface area contributed by atoms with Gasteiger partial charge in [-0.3, -0.25) is 4.98 Å². The maximum Gasteiger partial charge on any atom is 0.409 e. The molecule has 0 spiro atoms. The molecule has 0 saturated heterocycles. The summed E-state index contributed by atoms with van der Waals surface area (Å²) < 4.78 is 73.3. The first-order chi connectivity index (χ1) is 12.6. The second-order valence-corrected chi connectivity index (χ2v) is 7.60. The van der Waals surface area contributed by atoms with Crippen molar-refractivity contribution in [2.45, 2.75) is 17.2 Å². The Morgan fingerprint density at radius 1 is 1.22 bits per heavy atom. The summed E-state index contributed by atoms with van der Waals surface area (Å²) in [6, 6.07) is 2.65.